The molecule has 0 radical (unpaired) electrons. The van der Waals surface area contributed by atoms with Crippen LogP contribution in [-0.4, -0.2) is 80.6 Å². The first-order valence-electron chi connectivity index (χ1n) is 9.05. The minimum atomic E-state index is -1.15. The molecule has 1 rings (SSSR count). The molecule has 28 heavy (non-hydrogen) atoms. The molecule has 0 saturated carbocycles. The third-order valence-electron chi connectivity index (χ3n) is 4.45. The zero-order chi connectivity index (χ0) is 21.1. The average Bonchev–Trinajstić information content (AvgIpc) is 2.53. The highest BCUT2D eigenvalue weighted by Crippen LogP contribution is 2.24. The van der Waals surface area contributed by atoms with Crippen LogP contribution < -0.4 is 11.0 Å². The summed E-state index contributed by atoms with van der Waals surface area (Å²) in [6.45, 7) is -0.397. The lowest BCUT2D eigenvalue weighted by Crippen LogP contribution is -2.59. The number of hydrogen-bond donors (Lipinski definition) is 6. The number of hydrogen-bond acceptors (Lipinski definition) is 8. The number of aliphatic carboxylic acids is 4. The Morgan fingerprint density at radius 3 is 1.79 bits per heavy atom. The van der Waals surface area contributed by atoms with Crippen molar-refractivity contribution in [3.8, 4) is 0 Å². The molecule has 0 aromatic carbocycles. The molecule has 12 heteroatoms. The van der Waals surface area contributed by atoms with E-state index in [0.29, 0.717) is 25.7 Å². The smallest absolute Gasteiger partial charge is 0.320 e. The summed E-state index contributed by atoms with van der Waals surface area (Å²) in [5.41, 5.74) is 5.53. The van der Waals surface area contributed by atoms with E-state index in [9.17, 15) is 19.2 Å². The van der Waals surface area contributed by atoms with Gasteiger partial charge in [0.25, 0.3) is 0 Å². The van der Waals surface area contributed by atoms with Crippen molar-refractivity contribution in [3.63, 3.8) is 0 Å². The monoisotopic (exact) mass is 404 g/mol. The molecule has 1 saturated heterocycles. The highest BCUT2D eigenvalue weighted by Gasteiger charge is 2.23. The molecule has 1 fully saturated rings. The number of hydrazine groups is 3. The maximum absolute atomic E-state index is 11.1. The second-order valence-electron chi connectivity index (χ2n) is 6.89. The fourth-order valence-electron chi connectivity index (χ4n) is 3.16. The number of carboxylic acid groups (broad SMARTS) is 4. The van der Waals surface area contributed by atoms with Crippen molar-refractivity contribution >= 4 is 23.9 Å². The summed E-state index contributed by atoms with van der Waals surface area (Å²) >= 11 is 0. The summed E-state index contributed by atoms with van der Waals surface area (Å²) in [5.74, 6) is -4.60. The highest BCUT2D eigenvalue weighted by atomic mass is 16.4. The third-order valence-corrected chi connectivity index (χ3v) is 4.45. The molecule has 2 atom stereocenters. The summed E-state index contributed by atoms with van der Waals surface area (Å²) in [6, 6.07) is 0. The second-order valence-corrected chi connectivity index (χ2v) is 6.89. The summed E-state index contributed by atoms with van der Waals surface area (Å²) in [4.78, 5) is 44.4. The van der Waals surface area contributed by atoms with Crippen LogP contribution >= 0.6 is 0 Å². The van der Waals surface area contributed by atoms with E-state index in [1.165, 1.54) is 5.01 Å². The average molecular weight is 404 g/mol. The molecule has 1 aliphatic rings. The number of carboxylic acids is 4. The van der Waals surface area contributed by atoms with Crippen LogP contribution in [-0.2, 0) is 19.2 Å². The Bertz CT molecular complexity index is 559. The van der Waals surface area contributed by atoms with Crippen LogP contribution in [0.4, 0.5) is 0 Å². The fraction of sp³-hybridized carbons (Fsp3) is 0.750. The molecular formula is C16H28N4O8. The van der Waals surface area contributed by atoms with Gasteiger partial charge in [0.1, 0.15) is 13.1 Å². The van der Waals surface area contributed by atoms with Gasteiger partial charge in [-0.05, 0) is 37.5 Å². The quantitative estimate of drug-likeness (QED) is 0.304. The number of carbonyl (C=O) groups is 4. The number of nitrogens with zero attached hydrogens (tertiary/aromatic N) is 2. The van der Waals surface area contributed by atoms with Crippen molar-refractivity contribution in [2.45, 2.75) is 38.5 Å². The molecule has 12 nitrogen and oxygen atoms in total. The van der Waals surface area contributed by atoms with Gasteiger partial charge < -0.3 is 20.4 Å². The van der Waals surface area contributed by atoms with E-state index in [4.69, 9.17) is 20.4 Å². The first-order chi connectivity index (χ1) is 13.2. The normalized spacial score (nSPS) is 23.3. The molecule has 0 bridgehead atoms. The van der Waals surface area contributed by atoms with Gasteiger partial charge in [-0.1, -0.05) is 0 Å². The predicted octanol–water partition coefficient (Wildman–Crippen LogP) is -0.560. The van der Waals surface area contributed by atoms with Crippen LogP contribution in [0.3, 0.4) is 0 Å². The third kappa shape index (κ3) is 10.8. The van der Waals surface area contributed by atoms with Gasteiger partial charge >= 0.3 is 23.9 Å². The zero-order valence-corrected chi connectivity index (χ0v) is 15.5. The van der Waals surface area contributed by atoms with Crippen LogP contribution in [0.2, 0.25) is 0 Å². The van der Waals surface area contributed by atoms with E-state index in [1.807, 2.05) is 0 Å². The second kappa shape index (κ2) is 12.2. The SMILES string of the molecule is O=C(O)CC1CCNN(CC(=O)O)NN(CC(=O)O)CCC(CC(=O)O)CC1. The fourth-order valence-corrected chi connectivity index (χ4v) is 3.16. The zero-order valence-electron chi connectivity index (χ0n) is 15.5. The van der Waals surface area contributed by atoms with Crippen molar-refractivity contribution in [2.24, 2.45) is 11.8 Å². The lowest BCUT2D eigenvalue weighted by Gasteiger charge is -2.32. The minimum Gasteiger partial charge on any atom is -0.481 e. The molecular weight excluding hydrogens is 376 g/mol. The molecule has 0 amide bonds. The summed E-state index contributed by atoms with van der Waals surface area (Å²) in [7, 11) is 0. The van der Waals surface area contributed by atoms with Crippen molar-refractivity contribution in [1.29, 1.82) is 0 Å². The molecule has 6 N–H and O–H groups in total. The summed E-state index contributed by atoms with van der Waals surface area (Å²) in [5, 5.41) is 38.7. The van der Waals surface area contributed by atoms with Crippen molar-refractivity contribution in [3.05, 3.63) is 0 Å². The molecule has 2 unspecified atom stereocenters. The van der Waals surface area contributed by atoms with Gasteiger partial charge in [-0.2, -0.15) is 10.7 Å². The minimum absolute atomic E-state index is 0.0566. The Morgan fingerprint density at radius 2 is 1.29 bits per heavy atom. The molecule has 0 spiro atoms. The lowest BCUT2D eigenvalue weighted by atomic mass is 9.88. The van der Waals surface area contributed by atoms with Gasteiger partial charge in [0, 0.05) is 25.9 Å². The van der Waals surface area contributed by atoms with Gasteiger partial charge in [-0.25, -0.2) is 10.4 Å². The Labute approximate surface area is 162 Å². The van der Waals surface area contributed by atoms with E-state index in [1.54, 1.807) is 0 Å². The first kappa shape index (κ1) is 23.8. The molecule has 1 heterocycles. The topological polar surface area (TPSA) is 180 Å². The Kier molecular flexibility index (Phi) is 10.4. The van der Waals surface area contributed by atoms with Crippen molar-refractivity contribution < 1.29 is 39.6 Å². The Hall–Kier alpha value is -2.28. The van der Waals surface area contributed by atoms with Crippen molar-refractivity contribution in [2.75, 3.05) is 26.2 Å². The molecule has 0 aromatic rings. The van der Waals surface area contributed by atoms with Crippen LogP contribution in [0.5, 0.6) is 0 Å². The summed E-state index contributed by atoms with van der Waals surface area (Å²) in [6.07, 6.45) is 1.70. The van der Waals surface area contributed by atoms with Crippen molar-refractivity contribution in [1.82, 2.24) is 21.1 Å². The van der Waals surface area contributed by atoms with Gasteiger partial charge in [0.05, 0.1) is 0 Å². The largest absolute Gasteiger partial charge is 0.481 e. The van der Waals surface area contributed by atoms with E-state index < -0.39 is 37.0 Å². The highest BCUT2D eigenvalue weighted by molar-refractivity contribution is 5.69. The van der Waals surface area contributed by atoms with Gasteiger partial charge in [-0.3, -0.25) is 19.2 Å². The Morgan fingerprint density at radius 1 is 0.750 bits per heavy atom. The Balaban J connectivity index is 2.92. The maximum atomic E-state index is 11.1. The van der Waals surface area contributed by atoms with E-state index in [2.05, 4.69) is 11.0 Å². The van der Waals surface area contributed by atoms with E-state index in [-0.39, 0.29) is 37.8 Å². The molecule has 1 aliphatic heterocycles. The van der Waals surface area contributed by atoms with Crippen LogP contribution in [0.1, 0.15) is 38.5 Å². The van der Waals surface area contributed by atoms with Gasteiger partial charge in [-0.15, -0.1) is 0 Å². The van der Waals surface area contributed by atoms with Crippen LogP contribution in [0.25, 0.3) is 0 Å². The van der Waals surface area contributed by atoms with E-state index >= 15 is 0 Å². The molecule has 0 aromatic heterocycles. The molecule has 0 aliphatic carbocycles. The summed E-state index contributed by atoms with van der Waals surface area (Å²) < 4.78 is 0. The van der Waals surface area contributed by atoms with Gasteiger partial charge in [0.2, 0.25) is 0 Å². The van der Waals surface area contributed by atoms with Crippen LogP contribution in [0, 0.1) is 11.8 Å². The number of nitrogens with one attached hydrogen (secondary N) is 2. The molecule has 160 valence electrons. The number of rotatable bonds is 8. The first-order valence-corrected chi connectivity index (χ1v) is 9.05. The van der Waals surface area contributed by atoms with Crippen LogP contribution in [0.15, 0.2) is 0 Å². The lowest BCUT2D eigenvalue weighted by molar-refractivity contribution is -0.147. The van der Waals surface area contributed by atoms with E-state index in [0.717, 1.165) is 5.12 Å². The predicted molar refractivity (Wildman–Crippen MR) is 94.6 cm³/mol. The maximum Gasteiger partial charge on any atom is 0.320 e. The van der Waals surface area contributed by atoms with Gasteiger partial charge in [0.15, 0.2) is 0 Å². The standard InChI is InChI=1S/C16H28N4O8/c21-13(22)7-11-1-2-12(8-14(23)24)4-6-19(9-15(25)26)18-20(10-16(27)28)17-5-3-11/h11-12,17-18H,1-10H2,(H,21,22)(H,23,24)(H,25,26)(H,27,28).